The van der Waals surface area contributed by atoms with Crippen molar-refractivity contribution in [3.63, 3.8) is 0 Å². The zero-order valence-corrected chi connectivity index (χ0v) is 16.8. The van der Waals surface area contributed by atoms with Gasteiger partial charge in [-0.05, 0) is 24.6 Å². The number of para-hydroxylation sites is 1. The molecule has 2 heterocycles. The van der Waals surface area contributed by atoms with Crippen LogP contribution in [-0.4, -0.2) is 55.4 Å². The predicted octanol–water partition coefficient (Wildman–Crippen LogP) is 2.76. The fourth-order valence-corrected chi connectivity index (χ4v) is 4.23. The molecule has 8 nitrogen and oxygen atoms in total. The van der Waals surface area contributed by atoms with E-state index in [1.807, 2.05) is 18.2 Å². The van der Waals surface area contributed by atoms with Gasteiger partial charge in [-0.3, -0.25) is 14.5 Å². The number of carboxylic acids is 2. The normalized spacial score (nSPS) is 16.4. The van der Waals surface area contributed by atoms with Crippen LogP contribution in [-0.2, 0) is 14.4 Å². The number of methoxy groups -OCH3 is 1. The van der Waals surface area contributed by atoms with E-state index in [2.05, 4.69) is 4.98 Å². The zero-order valence-electron chi connectivity index (χ0n) is 15.2. The van der Waals surface area contributed by atoms with Crippen LogP contribution in [0.1, 0.15) is 18.5 Å². The number of thiocarbonyl (C=S) groups is 1. The first-order valence-electron chi connectivity index (χ1n) is 8.47. The minimum absolute atomic E-state index is 0.0670. The highest BCUT2D eigenvalue weighted by molar-refractivity contribution is 8.26. The van der Waals surface area contributed by atoms with Crippen molar-refractivity contribution in [3.8, 4) is 5.75 Å². The van der Waals surface area contributed by atoms with Gasteiger partial charge in [0.2, 0.25) is 0 Å². The van der Waals surface area contributed by atoms with E-state index >= 15 is 0 Å². The van der Waals surface area contributed by atoms with Crippen LogP contribution in [0, 0.1) is 0 Å². The van der Waals surface area contributed by atoms with Crippen LogP contribution in [0.2, 0.25) is 0 Å². The predicted molar refractivity (Wildman–Crippen MR) is 112 cm³/mol. The van der Waals surface area contributed by atoms with Gasteiger partial charge in [0.15, 0.2) is 0 Å². The Morgan fingerprint density at radius 1 is 1.31 bits per heavy atom. The van der Waals surface area contributed by atoms with Crippen LogP contribution in [0.25, 0.3) is 17.0 Å². The number of aromatic nitrogens is 1. The molecule has 29 heavy (non-hydrogen) atoms. The Morgan fingerprint density at radius 3 is 2.72 bits per heavy atom. The maximum absolute atomic E-state index is 12.8. The van der Waals surface area contributed by atoms with Crippen molar-refractivity contribution < 1.29 is 29.3 Å². The van der Waals surface area contributed by atoms with E-state index in [0.29, 0.717) is 17.0 Å². The van der Waals surface area contributed by atoms with Crippen molar-refractivity contribution in [2.24, 2.45) is 0 Å². The van der Waals surface area contributed by atoms with Gasteiger partial charge >= 0.3 is 11.9 Å². The number of rotatable bonds is 7. The van der Waals surface area contributed by atoms with Gasteiger partial charge in [0.1, 0.15) is 21.6 Å². The largest absolute Gasteiger partial charge is 0.494 e. The fraction of sp³-hybridized carbons (Fsp3) is 0.211. The van der Waals surface area contributed by atoms with E-state index < -0.39 is 23.9 Å². The number of nitrogens with zero attached hydrogens (tertiary/aromatic N) is 2. The third-order valence-electron chi connectivity index (χ3n) is 4.26. The molecule has 3 rings (SSSR count). The molecule has 2 aromatic rings. The molecule has 0 spiro atoms. The quantitative estimate of drug-likeness (QED) is 0.503. The summed E-state index contributed by atoms with van der Waals surface area (Å²) in [7, 11) is 1.54. The summed E-state index contributed by atoms with van der Waals surface area (Å²) >= 11 is 6.14. The van der Waals surface area contributed by atoms with Gasteiger partial charge in [-0.1, -0.05) is 42.2 Å². The summed E-state index contributed by atoms with van der Waals surface area (Å²) in [6.07, 6.45) is 0.899. The van der Waals surface area contributed by atoms with Crippen LogP contribution in [0.5, 0.6) is 5.75 Å². The average Bonchev–Trinajstić information content (AvgIpc) is 2.95. The van der Waals surface area contributed by atoms with Crippen LogP contribution in [0.15, 0.2) is 35.2 Å². The number of amides is 1. The molecule has 1 fully saturated rings. The Morgan fingerprint density at radius 2 is 2.07 bits per heavy atom. The molecule has 2 N–H and O–H groups in total. The smallest absolute Gasteiger partial charge is 0.326 e. The summed E-state index contributed by atoms with van der Waals surface area (Å²) < 4.78 is 5.38. The molecule has 1 saturated heterocycles. The van der Waals surface area contributed by atoms with E-state index in [-0.39, 0.29) is 22.1 Å². The number of hydrogen-bond acceptors (Lipinski definition) is 7. The van der Waals surface area contributed by atoms with Crippen molar-refractivity contribution in [1.29, 1.82) is 0 Å². The van der Waals surface area contributed by atoms with Crippen LogP contribution < -0.4 is 4.74 Å². The second-order valence-electron chi connectivity index (χ2n) is 6.11. The molecule has 1 amide bonds. The highest BCUT2D eigenvalue weighted by atomic mass is 32.2. The van der Waals surface area contributed by atoms with E-state index in [0.717, 1.165) is 22.0 Å². The number of ether oxygens (including phenoxy) is 1. The van der Waals surface area contributed by atoms with Gasteiger partial charge in [-0.15, -0.1) is 0 Å². The number of thioether (sulfide) groups is 1. The van der Waals surface area contributed by atoms with Gasteiger partial charge in [-0.2, -0.15) is 0 Å². The van der Waals surface area contributed by atoms with Gasteiger partial charge in [0.25, 0.3) is 5.91 Å². The zero-order chi connectivity index (χ0) is 21.1. The molecule has 150 valence electrons. The molecule has 1 aliphatic heterocycles. The number of carbonyl (C=O) groups excluding carboxylic acids is 1. The molecule has 0 radical (unpaired) electrons. The molecule has 0 bridgehead atoms. The van der Waals surface area contributed by atoms with Crippen LogP contribution >= 0.6 is 24.0 Å². The minimum Gasteiger partial charge on any atom is -0.494 e. The van der Waals surface area contributed by atoms with Gasteiger partial charge in [0.05, 0.1) is 17.7 Å². The Labute approximate surface area is 175 Å². The van der Waals surface area contributed by atoms with Crippen molar-refractivity contribution >= 4 is 63.1 Å². The second kappa shape index (κ2) is 8.58. The number of carboxylic acid groups (broad SMARTS) is 2. The molecule has 0 unspecified atom stereocenters. The first kappa shape index (κ1) is 20.7. The molecule has 0 saturated carbocycles. The summed E-state index contributed by atoms with van der Waals surface area (Å²) in [5.41, 5.74) is 1.11. The third-order valence-corrected chi connectivity index (χ3v) is 5.59. The lowest BCUT2D eigenvalue weighted by Crippen LogP contribution is -2.44. The maximum atomic E-state index is 12.8. The molecule has 1 aliphatic rings. The van der Waals surface area contributed by atoms with Gasteiger partial charge in [0, 0.05) is 11.8 Å². The summed E-state index contributed by atoms with van der Waals surface area (Å²) in [5, 5.41) is 19.1. The highest BCUT2D eigenvalue weighted by Crippen LogP contribution is 2.35. The van der Waals surface area contributed by atoms with Crippen molar-refractivity contribution in [2.45, 2.75) is 18.9 Å². The Kier molecular flexibility index (Phi) is 6.14. The van der Waals surface area contributed by atoms with Gasteiger partial charge < -0.3 is 14.9 Å². The van der Waals surface area contributed by atoms with Crippen LogP contribution in [0.4, 0.5) is 0 Å². The van der Waals surface area contributed by atoms with Crippen molar-refractivity contribution in [3.05, 3.63) is 40.9 Å². The Balaban J connectivity index is 1.92. The maximum Gasteiger partial charge on any atom is 0.326 e. The Hall–Kier alpha value is -2.98. The summed E-state index contributed by atoms with van der Waals surface area (Å²) in [6, 6.07) is 7.73. The molecule has 1 atom stereocenters. The molecular formula is C19H16N2O6S2. The number of fused-ring (bicyclic) bond motifs is 1. The number of pyridine rings is 1. The van der Waals surface area contributed by atoms with Crippen molar-refractivity contribution in [2.75, 3.05) is 7.11 Å². The lowest BCUT2D eigenvalue weighted by Gasteiger charge is -2.22. The second-order valence-corrected chi connectivity index (χ2v) is 7.78. The average molecular weight is 432 g/mol. The fourth-order valence-electron chi connectivity index (χ4n) is 2.89. The highest BCUT2D eigenvalue weighted by Gasteiger charge is 2.40. The minimum atomic E-state index is -1.34. The Bertz CT molecular complexity index is 1050. The monoisotopic (exact) mass is 432 g/mol. The number of carbonyl (C=O) groups is 3. The summed E-state index contributed by atoms with van der Waals surface area (Å²) in [4.78, 5) is 40.8. The van der Waals surface area contributed by atoms with Crippen LogP contribution in [0.3, 0.4) is 0 Å². The SMILES string of the molecule is COc1cccc2ccc(/C=C3\SC(=S)N([C@@H](CCC(=O)O)C(=O)O)C3=O)nc12. The first-order valence-corrected chi connectivity index (χ1v) is 9.69. The number of aliphatic carboxylic acids is 2. The molecule has 0 aliphatic carbocycles. The van der Waals surface area contributed by atoms with Gasteiger partial charge in [-0.25, -0.2) is 9.78 Å². The van der Waals surface area contributed by atoms with E-state index in [1.54, 1.807) is 12.1 Å². The molecule has 1 aromatic heterocycles. The molecule has 10 heteroatoms. The summed E-state index contributed by atoms with van der Waals surface area (Å²) in [5.74, 6) is -2.45. The molecular weight excluding hydrogens is 416 g/mol. The van der Waals surface area contributed by atoms with E-state index in [1.165, 1.54) is 13.2 Å². The number of benzene rings is 1. The lowest BCUT2D eigenvalue weighted by molar-refractivity contribution is -0.146. The first-order chi connectivity index (χ1) is 13.8. The summed E-state index contributed by atoms with van der Waals surface area (Å²) in [6.45, 7) is 0. The van der Waals surface area contributed by atoms with E-state index in [9.17, 15) is 19.5 Å². The van der Waals surface area contributed by atoms with E-state index in [4.69, 9.17) is 22.1 Å². The topological polar surface area (TPSA) is 117 Å². The number of hydrogen-bond donors (Lipinski definition) is 2. The third kappa shape index (κ3) is 4.38. The van der Waals surface area contributed by atoms with Crippen molar-refractivity contribution in [1.82, 2.24) is 9.88 Å². The lowest BCUT2D eigenvalue weighted by atomic mass is 10.1. The molecule has 1 aromatic carbocycles. The standard InChI is InChI=1S/C19H16N2O6S2/c1-27-13-4-2-3-10-5-6-11(20-16(10)13)9-14-17(24)21(19(28)29-14)12(18(25)26)7-8-15(22)23/h2-6,9,12H,7-8H2,1H3,(H,22,23)(H,25,26)/b14-9-/t12-/m0/s1.